The molecule has 0 spiro atoms. The molecule has 1 fully saturated rings. The third kappa shape index (κ3) is 3.81. The average Bonchev–Trinajstić information content (AvgIpc) is 2.78. The molecule has 1 amide bonds. The van der Waals surface area contributed by atoms with E-state index in [9.17, 15) is 14.7 Å². The Kier molecular flexibility index (Phi) is 6.44. The normalized spacial score (nSPS) is 17.0. The van der Waals surface area contributed by atoms with Crippen molar-refractivity contribution >= 4 is 24.3 Å². The van der Waals surface area contributed by atoms with Gasteiger partial charge in [-0.25, -0.2) is 0 Å². The second kappa shape index (κ2) is 7.65. The van der Waals surface area contributed by atoms with Gasteiger partial charge in [-0.05, 0) is 26.3 Å². The Balaban J connectivity index is 0.00000242. The highest BCUT2D eigenvalue weighted by Gasteiger charge is 2.30. The number of rotatable bonds is 4. The highest BCUT2D eigenvalue weighted by molar-refractivity contribution is 5.95. The maximum absolute atomic E-state index is 12.4. The molecule has 1 aliphatic rings. The molecule has 7 heteroatoms. The van der Waals surface area contributed by atoms with Gasteiger partial charge in [0.15, 0.2) is 0 Å². The van der Waals surface area contributed by atoms with Crippen LogP contribution >= 0.6 is 12.4 Å². The van der Waals surface area contributed by atoms with Gasteiger partial charge in [0.05, 0.1) is 5.56 Å². The number of carbonyl (C=O) groups excluding carboxylic acids is 1. The molecular weight excluding hydrogens is 308 g/mol. The molecule has 0 saturated carbocycles. The van der Waals surface area contributed by atoms with E-state index in [0.717, 1.165) is 5.76 Å². The van der Waals surface area contributed by atoms with E-state index >= 15 is 0 Å². The Morgan fingerprint density at radius 2 is 1.86 bits per heavy atom. The molecule has 1 atom stereocenters. The summed E-state index contributed by atoms with van der Waals surface area (Å²) >= 11 is 0. The summed E-state index contributed by atoms with van der Waals surface area (Å²) in [5, 5.41) is 9.18. The summed E-state index contributed by atoms with van der Waals surface area (Å²) in [5.74, 6) is 0.536. The number of nitrogens with zero attached hydrogens (tertiary/aromatic N) is 2. The van der Waals surface area contributed by atoms with E-state index < -0.39 is 12.0 Å². The fourth-order valence-corrected chi connectivity index (χ4v) is 2.84. The zero-order chi connectivity index (χ0) is 15.6. The maximum Gasteiger partial charge on any atom is 0.320 e. The Morgan fingerprint density at radius 1 is 1.27 bits per heavy atom. The van der Waals surface area contributed by atoms with Crippen molar-refractivity contribution in [3.8, 4) is 0 Å². The van der Waals surface area contributed by atoms with Gasteiger partial charge in [0.25, 0.3) is 5.91 Å². The summed E-state index contributed by atoms with van der Waals surface area (Å²) in [4.78, 5) is 27.3. The molecule has 1 unspecified atom stereocenters. The quantitative estimate of drug-likeness (QED) is 0.913. The number of piperazine rings is 1. The van der Waals surface area contributed by atoms with Gasteiger partial charge in [-0.2, -0.15) is 0 Å². The molecular formula is C15H23ClN2O4. The van der Waals surface area contributed by atoms with Gasteiger partial charge in [-0.3, -0.25) is 14.5 Å². The molecule has 1 aromatic rings. The summed E-state index contributed by atoms with van der Waals surface area (Å²) in [7, 11) is 0. The van der Waals surface area contributed by atoms with E-state index in [1.165, 1.54) is 0 Å². The SMILES string of the molecule is CCC(C(=O)O)N1CCN(C(=O)c2cc(C)oc2C)CC1.Cl. The maximum atomic E-state index is 12.4. The van der Waals surface area contributed by atoms with Crippen LogP contribution in [0.25, 0.3) is 0 Å². The summed E-state index contributed by atoms with van der Waals surface area (Å²) in [6, 6.07) is 1.30. The molecule has 0 aliphatic carbocycles. The third-order valence-electron chi connectivity index (χ3n) is 3.99. The van der Waals surface area contributed by atoms with E-state index in [-0.39, 0.29) is 18.3 Å². The van der Waals surface area contributed by atoms with Gasteiger partial charge in [0.2, 0.25) is 0 Å². The Labute approximate surface area is 136 Å². The zero-order valence-corrected chi connectivity index (χ0v) is 14.0. The van der Waals surface area contributed by atoms with Crippen LogP contribution in [0.15, 0.2) is 10.5 Å². The number of furan rings is 1. The van der Waals surface area contributed by atoms with Crippen molar-refractivity contribution in [2.24, 2.45) is 0 Å². The minimum Gasteiger partial charge on any atom is -0.480 e. The monoisotopic (exact) mass is 330 g/mol. The topological polar surface area (TPSA) is 74.0 Å². The molecule has 0 radical (unpaired) electrons. The van der Waals surface area contributed by atoms with Gasteiger partial charge in [0.1, 0.15) is 17.6 Å². The summed E-state index contributed by atoms with van der Waals surface area (Å²) in [6.07, 6.45) is 0.573. The number of hydrogen-bond acceptors (Lipinski definition) is 4. The molecule has 1 aromatic heterocycles. The van der Waals surface area contributed by atoms with Crippen LogP contribution < -0.4 is 0 Å². The lowest BCUT2D eigenvalue weighted by atomic mass is 10.1. The predicted molar refractivity (Wildman–Crippen MR) is 84.6 cm³/mol. The number of amides is 1. The average molecular weight is 331 g/mol. The lowest BCUT2D eigenvalue weighted by Gasteiger charge is -2.37. The van der Waals surface area contributed by atoms with Crippen LogP contribution in [0.2, 0.25) is 0 Å². The lowest BCUT2D eigenvalue weighted by Crippen LogP contribution is -2.53. The van der Waals surface area contributed by atoms with Crippen molar-refractivity contribution in [3.05, 3.63) is 23.2 Å². The smallest absolute Gasteiger partial charge is 0.320 e. The van der Waals surface area contributed by atoms with Crippen molar-refractivity contribution in [1.82, 2.24) is 9.80 Å². The van der Waals surface area contributed by atoms with Crippen LogP contribution in [0.1, 0.15) is 35.2 Å². The standard InChI is InChI=1S/C15H22N2O4.ClH/c1-4-13(15(19)20)16-5-7-17(8-6-16)14(18)12-9-10(2)21-11(12)3;/h9,13H,4-8H2,1-3H3,(H,19,20);1H. The number of halogens is 1. The van der Waals surface area contributed by atoms with Crippen LogP contribution in [0.4, 0.5) is 0 Å². The van der Waals surface area contributed by atoms with Crippen LogP contribution in [-0.4, -0.2) is 59.0 Å². The minimum atomic E-state index is -0.793. The summed E-state index contributed by atoms with van der Waals surface area (Å²) in [6.45, 7) is 7.75. The molecule has 1 aliphatic heterocycles. The Bertz CT molecular complexity index is 536. The summed E-state index contributed by atoms with van der Waals surface area (Å²) < 4.78 is 5.40. The van der Waals surface area contributed by atoms with Crippen molar-refractivity contribution in [1.29, 1.82) is 0 Å². The molecule has 1 saturated heterocycles. The second-order valence-electron chi connectivity index (χ2n) is 5.42. The number of aryl methyl sites for hydroxylation is 2. The first kappa shape index (κ1) is 18.5. The first-order chi connectivity index (χ1) is 9.93. The van der Waals surface area contributed by atoms with Gasteiger partial charge in [0, 0.05) is 26.2 Å². The molecule has 124 valence electrons. The largest absolute Gasteiger partial charge is 0.480 e. The van der Waals surface area contributed by atoms with Crippen LogP contribution in [0, 0.1) is 13.8 Å². The Morgan fingerprint density at radius 3 is 2.27 bits per heavy atom. The first-order valence-corrected chi connectivity index (χ1v) is 7.27. The minimum absolute atomic E-state index is 0. The predicted octanol–water partition coefficient (Wildman–Crippen LogP) is 1.94. The fraction of sp³-hybridized carbons (Fsp3) is 0.600. The lowest BCUT2D eigenvalue weighted by molar-refractivity contribution is -0.144. The van der Waals surface area contributed by atoms with E-state index in [4.69, 9.17) is 4.42 Å². The third-order valence-corrected chi connectivity index (χ3v) is 3.99. The van der Waals surface area contributed by atoms with E-state index in [1.54, 1.807) is 17.9 Å². The first-order valence-electron chi connectivity index (χ1n) is 7.27. The van der Waals surface area contributed by atoms with Crippen molar-refractivity contribution in [2.45, 2.75) is 33.2 Å². The van der Waals surface area contributed by atoms with Gasteiger partial charge < -0.3 is 14.4 Å². The molecule has 2 rings (SSSR count). The number of aliphatic carboxylic acids is 1. The highest BCUT2D eigenvalue weighted by atomic mass is 35.5. The van der Waals surface area contributed by atoms with E-state index in [2.05, 4.69) is 0 Å². The highest BCUT2D eigenvalue weighted by Crippen LogP contribution is 2.18. The van der Waals surface area contributed by atoms with Crippen molar-refractivity contribution < 1.29 is 19.1 Å². The fourth-order valence-electron chi connectivity index (χ4n) is 2.84. The second-order valence-corrected chi connectivity index (χ2v) is 5.42. The van der Waals surface area contributed by atoms with Crippen LogP contribution in [0.3, 0.4) is 0 Å². The van der Waals surface area contributed by atoms with Gasteiger partial charge in [-0.1, -0.05) is 6.92 Å². The Hall–Kier alpha value is -1.53. The van der Waals surface area contributed by atoms with Crippen LogP contribution in [-0.2, 0) is 4.79 Å². The van der Waals surface area contributed by atoms with Crippen molar-refractivity contribution in [3.63, 3.8) is 0 Å². The van der Waals surface area contributed by atoms with E-state index in [0.29, 0.717) is 43.9 Å². The summed E-state index contributed by atoms with van der Waals surface area (Å²) in [5.41, 5.74) is 0.603. The number of carboxylic acid groups (broad SMARTS) is 1. The molecule has 1 N–H and O–H groups in total. The molecule has 22 heavy (non-hydrogen) atoms. The van der Waals surface area contributed by atoms with Gasteiger partial charge >= 0.3 is 5.97 Å². The van der Waals surface area contributed by atoms with Crippen molar-refractivity contribution in [2.75, 3.05) is 26.2 Å². The molecule has 0 bridgehead atoms. The zero-order valence-electron chi connectivity index (χ0n) is 13.2. The number of carboxylic acids is 1. The molecule has 6 nitrogen and oxygen atoms in total. The van der Waals surface area contributed by atoms with E-state index in [1.807, 2.05) is 18.7 Å². The number of carbonyl (C=O) groups is 2. The van der Waals surface area contributed by atoms with Gasteiger partial charge in [-0.15, -0.1) is 12.4 Å². The van der Waals surface area contributed by atoms with Crippen LogP contribution in [0.5, 0.6) is 0 Å². The molecule has 0 aromatic carbocycles. The number of hydrogen-bond donors (Lipinski definition) is 1. The molecule has 2 heterocycles.